The molecule has 0 saturated heterocycles. The standard InChI is InChI=1S/C16H18NO2P.2ClH.Ti/c1-11-6-4-7-12(10-17-2)16(11)20-14-9-5-8-13(19-3)15(14)18;;;/h4-10,18,20H,1-3H3;2*1H;/q;;;+2/p-2. The molecule has 0 amide bonds. The van der Waals surface area contributed by atoms with E-state index in [9.17, 15) is 5.11 Å². The summed E-state index contributed by atoms with van der Waals surface area (Å²) in [7, 11) is 13.5. The van der Waals surface area contributed by atoms with Gasteiger partial charge in [-0.25, -0.2) is 0 Å². The molecule has 0 aliphatic heterocycles. The van der Waals surface area contributed by atoms with Gasteiger partial charge in [0.2, 0.25) is 0 Å². The predicted octanol–water partition coefficient (Wildman–Crippen LogP) is 3.76. The molecule has 1 N–H and O–H groups in total. The van der Waals surface area contributed by atoms with Gasteiger partial charge in [0.25, 0.3) is 0 Å². The summed E-state index contributed by atoms with van der Waals surface area (Å²) in [4.78, 5) is 4.10. The second-order valence-corrected chi connectivity index (χ2v) is 8.35. The van der Waals surface area contributed by atoms with Crippen molar-refractivity contribution >= 4 is 44.0 Å². The van der Waals surface area contributed by atoms with Crippen LogP contribution in [0.4, 0.5) is 0 Å². The van der Waals surface area contributed by atoms with Crippen LogP contribution >= 0.6 is 27.2 Å². The van der Waals surface area contributed by atoms with E-state index in [-0.39, 0.29) is 5.75 Å². The summed E-state index contributed by atoms with van der Waals surface area (Å²) >= 11 is -0.556. The number of hydrogen-bond donors (Lipinski definition) is 1. The van der Waals surface area contributed by atoms with E-state index in [1.54, 1.807) is 20.2 Å². The molecule has 0 radical (unpaired) electrons. The second-order valence-electron chi connectivity index (χ2n) is 4.48. The number of phenolic OH excluding ortho intramolecular Hbond substituents is 1. The molecule has 0 saturated carbocycles. The molecule has 3 nitrogen and oxygen atoms in total. The van der Waals surface area contributed by atoms with Crippen molar-refractivity contribution in [2.75, 3.05) is 14.2 Å². The number of aryl methyl sites for hydroxylation is 1. The van der Waals surface area contributed by atoms with Gasteiger partial charge >= 0.3 is 35.6 Å². The Hall–Kier alpha value is -0.566. The summed E-state index contributed by atoms with van der Waals surface area (Å²) in [5.74, 6) is 0.727. The van der Waals surface area contributed by atoms with Crippen molar-refractivity contribution in [2.45, 2.75) is 6.92 Å². The van der Waals surface area contributed by atoms with Crippen LogP contribution in [0.3, 0.4) is 0 Å². The van der Waals surface area contributed by atoms with Gasteiger partial charge in [0.05, 0.1) is 7.11 Å². The van der Waals surface area contributed by atoms with Crippen LogP contribution in [0.1, 0.15) is 11.1 Å². The molecular formula is C16H18Cl2NO2PTi. The van der Waals surface area contributed by atoms with Gasteiger partial charge in [0.1, 0.15) is 0 Å². The molecule has 7 heteroatoms. The summed E-state index contributed by atoms with van der Waals surface area (Å²) in [6, 6.07) is 11.7. The van der Waals surface area contributed by atoms with Gasteiger partial charge in [0.15, 0.2) is 11.5 Å². The zero-order chi connectivity index (χ0) is 17.2. The molecule has 23 heavy (non-hydrogen) atoms. The fraction of sp³-hybridized carbons (Fsp3) is 0.188. The zero-order valence-corrected chi connectivity index (χ0v) is 17.2. The maximum absolute atomic E-state index is 10.2. The van der Waals surface area contributed by atoms with Crippen molar-refractivity contribution in [3.05, 3.63) is 47.5 Å². The van der Waals surface area contributed by atoms with Crippen LogP contribution in [-0.2, 0) is 17.0 Å². The summed E-state index contributed by atoms with van der Waals surface area (Å²) < 4.78 is 5.16. The third kappa shape index (κ3) is 6.10. The Morgan fingerprint density at radius 3 is 2.48 bits per heavy atom. The average molecular weight is 406 g/mol. The minimum absolute atomic E-state index is 0.218. The Morgan fingerprint density at radius 1 is 1.22 bits per heavy atom. The number of rotatable bonds is 4. The molecule has 1 unspecified atom stereocenters. The van der Waals surface area contributed by atoms with Crippen molar-refractivity contribution in [3.8, 4) is 11.5 Å². The average Bonchev–Trinajstić information content (AvgIpc) is 2.53. The molecule has 2 aromatic rings. The number of ether oxygens (including phenoxy) is 1. The van der Waals surface area contributed by atoms with Crippen LogP contribution < -0.4 is 15.3 Å². The molecule has 0 aliphatic rings. The molecule has 0 aromatic heterocycles. The molecule has 122 valence electrons. The van der Waals surface area contributed by atoms with Gasteiger partial charge in [0, 0.05) is 24.1 Å². The number of phenols is 1. The second kappa shape index (κ2) is 11.1. The summed E-state index contributed by atoms with van der Waals surface area (Å²) in [5.41, 5.74) is 2.29. The van der Waals surface area contributed by atoms with E-state index >= 15 is 0 Å². The zero-order valence-electron chi connectivity index (χ0n) is 13.1. The Kier molecular flexibility index (Phi) is 9.86. The number of hydrogen-bond acceptors (Lipinski definition) is 3. The first-order chi connectivity index (χ1) is 11.1. The van der Waals surface area contributed by atoms with Gasteiger partial charge in [-0.05, 0) is 23.9 Å². The van der Waals surface area contributed by atoms with Crippen molar-refractivity contribution in [1.29, 1.82) is 0 Å². The number of nitrogens with zero attached hydrogens (tertiary/aromatic N) is 1. The first-order valence-electron chi connectivity index (χ1n) is 6.70. The fourth-order valence-electron chi connectivity index (χ4n) is 2.03. The number of aromatic hydroxyl groups is 1. The van der Waals surface area contributed by atoms with Crippen LogP contribution in [-0.4, -0.2) is 25.5 Å². The van der Waals surface area contributed by atoms with Gasteiger partial charge in [-0.2, -0.15) is 0 Å². The maximum atomic E-state index is 10.2. The van der Waals surface area contributed by atoms with Gasteiger partial charge in [-0.1, -0.05) is 38.9 Å². The number of para-hydroxylation sites is 1. The van der Waals surface area contributed by atoms with Gasteiger partial charge in [-0.3, -0.25) is 4.99 Å². The number of methoxy groups -OCH3 is 1. The van der Waals surface area contributed by atoms with E-state index in [1.165, 1.54) is 10.9 Å². The molecule has 0 heterocycles. The quantitative estimate of drug-likeness (QED) is 0.478. The number of benzene rings is 2. The monoisotopic (exact) mass is 405 g/mol. The normalized spacial score (nSPS) is 10.7. The third-order valence-electron chi connectivity index (χ3n) is 3.05. The first kappa shape index (κ1) is 20.5. The predicted molar refractivity (Wildman–Crippen MR) is 98.6 cm³/mol. The van der Waals surface area contributed by atoms with Crippen molar-refractivity contribution in [3.63, 3.8) is 0 Å². The molecule has 0 aliphatic carbocycles. The molecule has 2 rings (SSSR count). The first-order valence-corrected chi connectivity index (χ1v) is 12.0. The van der Waals surface area contributed by atoms with E-state index in [0.717, 1.165) is 10.9 Å². The van der Waals surface area contributed by atoms with E-state index < -0.39 is 17.0 Å². The van der Waals surface area contributed by atoms with E-state index in [4.69, 9.17) is 23.3 Å². The minimum atomic E-state index is -0.556. The summed E-state index contributed by atoms with van der Waals surface area (Å²) in [6.45, 7) is 2.08. The van der Waals surface area contributed by atoms with Crippen LogP contribution in [0.5, 0.6) is 11.5 Å². The van der Waals surface area contributed by atoms with Crippen LogP contribution in [0, 0.1) is 6.92 Å². The number of aliphatic imine (C=N–C) groups is 1. The van der Waals surface area contributed by atoms with Gasteiger partial charge < -0.3 is 9.84 Å². The Balaban J connectivity index is 0.000000816. The third-order valence-corrected chi connectivity index (χ3v) is 4.66. The topological polar surface area (TPSA) is 41.8 Å². The molecule has 1 atom stereocenters. The summed E-state index contributed by atoms with van der Waals surface area (Å²) in [6.07, 6.45) is 1.85. The number of halogens is 2. The van der Waals surface area contributed by atoms with Crippen molar-refractivity contribution < 1.29 is 26.9 Å². The van der Waals surface area contributed by atoms with Gasteiger partial charge in [-0.15, -0.1) is 0 Å². The molecule has 0 spiro atoms. The van der Waals surface area contributed by atoms with Crippen LogP contribution in [0.15, 0.2) is 41.4 Å². The Labute approximate surface area is 155 Å². The SMILES string of the molecule is CN=Cc1cccc(C)c1Pc1cccc(OC)c1O.[Cl][Ti][Cl]. The summed E-state index contributed by atoms with van der Waals surface area (Å²) in [5, 5.41) is 12.3. The Bertz CT molecular complexity index is 669. The van der Waals surface area contributed by atoms with Crippen molar-refractivity contribution in [1.82, 2.24) is 0 Å². The molecule has 0 fully saturated rings. The molecular weight excluding hydrogens is 388 g/mol. The molecule has 2 aromatic carbocycles. The molecule has 0 bridgehead atoms. The Morgan fingerprint density at radius 2 is 1.87 bits per heavy atom. The van der Waals surface area contributed by atoms with Crippen molar-refractivity contribution in [2.24, 2.45) is 4.99 Å². The van der Waals surface area contributed by atoms with E-state index in [2.05, 4.69) is 18.0 Å². The van der Waals surface area contributed by atoms with E-state index in [1.807, 2.05) is 30.5 Å². The van der Waals surface area contributed by atoms with E-state index in [0.29, 0.717) is 14.3 Å². The fourth-order valence-corrected chi connectivity index (χ4v) is 3.29. The van der Waals surface area contributed by atoms with Crippen LogP contribution in [0.2, 0.25) is 0 Å². The van der Waals surface area contributed by atoms with Crippen LogP contribution in [0.25, 0.3) is 0 Å².